The summed E-state index contributed by atoms with van der Waals surface area (Å²) in [6.45, 7) is 3.63. The number of rotatable bonds is 5. The lowest BCUT2D eigenvalue weighted by Gasteiger charge is -2.42. The first-order valence-electron chi connectivity index (χ1n) is 11.6. The molecule has 2 aliphatic heterocycles. The molecule has 3 aromatic rings. The van der Waals surface area contributed by atoms with Crippen molar-refractivity contribution in [3.63, 3.8) is 0 Å². The van der Waals surface area contributed by atoms with Crippen molar-refractivity contribution in [3.05, 3.63) is 53.9 Å². The molecule has 0 N–H and O–H groups in total. The summed E-state index contributed by atoms with van der Waals surface area (Å²) in [6, 6.07) is 10.1. The fraction of sp³-hybridized carbons (Fsp3) is 0.478. The van der Waals surface area contributed by atoms with E-state index in [1.165, 1.54) is 5.69 Å². The number of nitrogens with zero attached hydrogens (tertiary/aromatic N) is 8. The smallest absolute Gasteiger partial charge is 0.453 e. The van der Waals surface area contributed by atoms with E-state index in [2.05, 4.69) is 44.5 Å². The van der Waals surface area contributed by atoms with E-state index in [1.54, 1.807) is 6.20 Å². The zero-order valence-electron chi connectivity index (χ0n) is 19.7. The topological polar surface area (TPSA) is 73.4 Å². The summed E-state index contributed by atoms with van der Waals surface area (Å²) in [6.07, 6.45) is -1.06. The van der Waals surface area contributed by atoms with Crippen molar-refractivity contribution in [2.45, 2.75) is 25.4 Å². The normalized spacial score (nSPS) is 17.7. The highest BCUT2D eigenvalue weighted by molar-refractivity contribution is 5.83. The molecular weight excluding hydrogens is 461 g/mol. The van der Waals surface area contributed by atoms with Crippen LogP contribution >= 0.6 is 0 Å². The summed E-state index contributed by atoms with van der Waals surface area (Å²) in [4.78, 5) is 2.08. The first kappa shape index (κ1) is 23.3. The predicted octanol–water partition coefficient (Wildman–Crippen LogP) is 2.71. The highest BCUT2D eigenvalue weighted by Crippen LogP contribution is 2.30. The van der Waals surface area contributed by atoms with Gasteiger partial charge in [-0.2, -0.15) is 28.0 Å². The summed E-state index contributed by atoms with van der Waals surface area (Å²) >= 11 is 0. The summed E-state index contributed by atoms with van der Waals surface area (Å²) in [5, 5.41) is 15.4. The van der Waals surface area contributed by atoms with Crippen LogP contribution in [-0.4, -0.2) is 75.2 Å². The molecule has 1 aromatic carbocycles. The second-order valence-electron chi connectivity index (χ2n) is 9.13. The number of aromatic nitrogens is 5. The van der Waals surface area contributed by atoms with Crippen LogP contribution in [0.5, 0.6) is 5.75 Å². The Balaban J connectivity index is 1.19. The molecule has 0 spiro atoms. The van der Waals surface area contributed by atoms with E-state index in [0.717, 1.165) is 40.1 Å². The number of amidine groups is 1. The number of quaternary nitrogens is 1. The third kappa shape index (κ3) is 4.75. The van der Waals surface area contributed by atoms with E-state index in [1.807, 2.05) is 29.9 Å². The molecule has 9 nitrogen and oxygen atoms in total. The van der Waals surface area contributed by atoms with Crippen LogP contribution in [0, 0.1) is 0 Å². The number of halogens is 3. The lowest BCUT2D eigenvalue weighted by molar-refractivity contribution is -0.147. The van der Waals surface area contributed by atoms with Gasteiger partial charge in [-0.15, -0.1) is 10.2 Å². The molecule has 0 radical (unpaired) electrons. The van der Waals surface area contributed by atoms with Gasteiger partial charge in [0.15, 0.2) is 5.82 Å². The first-order chi connectivity index (χ1) is 16.7. The third-order valence-corrected chi connectivity index (χ3v) is 6.85. The molecule has 1 fully saturated rings. The molecule has 2 aliphatic rings. The fourth-order valence-corrected chi connectivity index (χ4v) is 4.61. The SMILES string of the molecule is Cn1nccc1CCOc1ccc([N+]2(C)CCN(C3=Nn4c(nnc4C(F)(F)F)CC3)CC2)cc1. The standard InChI is InChI=1S/C23H28F3N8O/c1-31-17(9-11-27-31)10-16-35-19-5-3-18(4-6-19)34(2)14-12-32(13-15-34)21-8-7-20-28-29-22(23(24,25)26)33(20)30-21/h3-6,9,11H,7-8,10,12-16H2,1-2H3/q+1. The number of fused-ring (bicyclic) bond motifs is 1. The molecule has 1 saturated heterocycles. The number of hydrogen-bond acceptors (Lipinski definition) is 6. The van der Waals surface area contributed by atoms with Crippen molar-refractivity contribution in [3.8, 4) is 5.75 Å². The highest BCUT2D eigenvalue weighted by atomic mass is 19.4. The van der Waals surface area contributed by atoms with Gasteiger partial charge in [-0.1, -0.05) is 0 Å². The van der Waals surface area contributed by atoms with Crippen molar-refractivity contribution in [1.29, 1.82) is 0 Å². The van der Waals surface area contributed by atoms with Gasteiger partial charge in [0.05, 0.1) is 26.7 Å². The number of benzene rings is 1. The second kappa shape index (κ2) is 8.99. The van der Waals surface area contributed by atoms with Crippen molar-refractivity contribution >= 4 is 11.5 Å². The Kier molecular flexibility index (Phi) is 5.99. The number of likely N-dealkylation sites (N-methyl/N-ethyl adjacent to an activating group) is 1. The second-order valence-corrected chi connectivity index (χ2v) is 9.13. The van der Waals surface area contributed by atoms with Gasteiger partial charge in [0.25, 0.3) is 5.82 Å². The maximum absolute atomic E-state index is 13.2. The van der Waals surface area contributed by atoms with Gasteiger partial charge >= 0.3 is 6.18 Å². The fourth-order valence-electron chi connectivity index (χ4n) is 4.61. The number of aryl methyl sites for hydroxylation is 2. The van der Waals surface area contributed by atoms with E-state index < -0.39 is 12.0 Å². The van der Waals surface area contributed by atoms with E-state index in [9.17, 15) is 13.2 Å². The Hall–Kier alpha value is -3.41. The molecule has 35 heavy (non-hydrogen) atoms. The van der Waals surface area contributed by atoms with Gasteiger partial charge in [0, 0.05) is 50.3 Å². The minimum absolute atomic E-state index is 0.251. The Morgan fingerprint density at radius 1 is 1.03 bits per heavy atom. The average molecular weight is 490 g/mol. The lowest BCUT2D eigenvalue weighted by atomic mass is 10.1. The van der Waals surface area contributed by atoms with Gasteiger partial charge in [-0.25, -0.2) is 0 Å². The van der Waals surface area contributed by atoms with Gasteiger partial charge in [0.1, 0.15) is 30.4 Å². The Bertz CT molecular complexity index is 1210. The Labute approximate surface area is 201 Å². The molecule has 0 bridgehead atoms. The molecule has 0 amide bonds. The minimum Gasteiger partial charge on any atom is -0.493 e. The van der Waals surface area contributed by atoms with E-state index in [0.29, 0.717) is 38.4 Å². The third-order valence-electron chi connectivity index (χ3n) is 6.85. The molecule has 2 aromatic heterocycles. The molecule has 0 saturated carbocycles. The average Bonchev–Trinajstić information content (AvgIpc) is 3.45. The van der Waals surface area contributed by atoms with Crippen molar-refractivity contribution in [1.82, 2.24) is 34.0 Å². The van der Waals surface area contributed by atoms with Crippen molar-refractivity contribution in [2.75, 3.05) is 39.8 Å². The molecule has 4 heterocycles. The van der Waals surface area contributed by atoms with E-state index in [4.69, 9.17) is 4.74 Å². The maximum Gasteiger partial charge on any atom is 0.453 e. The van der Waals surface area contributed by atoms with Gasteiger partial charge in [-0.3, -0.25) is 9.16 Å². The van der Waals surface area contributed by atoms with E-state index >= 15 is 0 Å². The van der Waals surface area contributed by atoms with Crippen LogP contribution in [0.2, 0.25) is 0 Å². The van der Waals surface area contributed by atoms with Crippen molar-refractivity contribution in [2.24, 2.45) is 12.1 Å². The molecule has 0 unspecified atom stereocenters. The number of hydrogen-bond donors (Lipinski definition) is 0. The largest absolute Gasteiger partial charge is 0.493 e. The monoisotopic (exact) mass is 489 g/mol. The van der Waals surface area contributed by atoms with Crippen LogP contribution in [0.25, 0.3) is 0 Å². The van der Waals surface area contributed by atoms with Crippen molar-refractivity contribution < 1.29 is 17.9 Å². The molecular formula is C23H28F3N8O+. The molecule has 12 heteroatoms. The number of ether oxygens (including phenoxy) is 1. The predicted molar refractivity (Wildman–Crippen MR) is 124 cm³/mol. The van der Waals surface area contributed by atoms with Crippen LogP contribution in [0.4, 0.5) is 18.9 Å². The summed E-state index contributed by atoms with van der Waals surface area (Å²) in [5.74, 6) is 0.667. The molecule has 0 atom stereocenters. The number of piperazine rings is 1. The highest BCUT2D eigenvalue weighted by Gasteiger charge is 2.40. The Morgan fingerprint density at radius 2 is 1.77 bits per heavy atom. The molecule has 0 aliphatic carbocycles. The van der Waals surface area contributed by atoms with Gasteiger partial charge in [0.2, 0.25) is 0 Å². The number of alkyl halides is 3. The zero-order valence-corrected chi connectivity index (χ0v) is 19.7. The summed E-state index contributed by atoms with van der Waals surface area (Å²) < 4.78 is 49.0. The van der Waals surface area contributed by atoms with Crippen LogP contribution in [-0.2, 0) is 26.1 Å². The van der Waals surface area contributed by atoms with Crippen LogP contribution in [0.15, 0.2) is 41.6 Å². The minimum atomic E-state index is -4.58. The summed E-state index contributed by atoms with van der Waals surface area (Å²) in [7, 11) is 4.10. The van der Waals surface area contributed by atoms with Crippen LogP contribution in [0.1, 0.15) is 23.8 Å². The molecule has 5 rings (SSSR count). The molecule has 186 valence electrons. The first-order valence-corrected chi connectivity index (χ1v) is 11.6. The zero-order chi connectivity index (χ0) is 24.6. The van der Waals surface area contributed by atoms with Crippen LogP contribution in [0.3, 0.4) is 0 Å². The van der Waals surface area contributed by atoms with E-state index in [-0.39, 0.29) is 5.82 Å². The Morgan fingerprint density at radius 3 is 2.43 bits per heavy atom. The van der Waals surface area contributed by atoms with Gasteiger partial charge in [-0.05, 0) is 18.2 Å². The quantitative estimate of drug-likeness (QED) is 0.516. The lowest BCUT2D eigenvalue weighted by Crippen LogP contribution is -2.59. The van der Waals surface area contributed by atoms with Gasteiger partial charge < -0.3 is 9.64 Å². The van der Waals surface area contributed by atoms with Crippen LogP contribution < -0.4 is 9.22 Å². The maximum atomic E-state index is 13.2. The summed E-state index contributed by atoms with van der Waals surface area (Å²) in [5.41, 5.74) is 2.30.